The second kappa shape index (κ2) is 7.97. The van der Waals surface area contributed by atoms with Crippen LogP contribution in [-0.2, 0) is 11.3 Å². The van der Waals surface area contributed by atoms with Crippen LogP contribution in [0.2, 0.25) is 0 Å². The van der Waals surface area contributed by atoms with Gasteiger partial charge in [0.15, 0.2) is 5.78 Å². The van der Waals surface area contributed by atoms with Crippen LogP contribution in [-0.4, -0.2) is 41.3 Å². The monoisotopic (exact) mass is 362 g/mol. The van der Waals surface area contributed by atoms with Crippen LogP contribution in [0.4, 0.5) is 0 Å². The van der Waals surface area contributed by atoms with E-state index in [0.29, 0.717) is 29.1 Å². The molecule has 2 aromatic rings. The van der Waals surface area contributed by atoms with Crippen LogP contribution >= 0.6 is 11.3 Å². The Kier molecular flexibility index (Phi) is 6.19. The Bertz CT molecular complexity index is 776. The summed E-state index contributed by atoms with van der Waals surface area (Å²) < 4.78 is 5.09. The van der Waals surface area contributed by atoms with Crippen molar-refractivity contribution in [2.75, 3.05) is 13.7 Å². The lowest BCUT2D eigenvalue weighted by Gasteiger charge is -2.23. The lowest BCUT2D eigenvalue weighted by Crippen LogP contribution is -2.36. The molecule has 0 saturated heterocycles. The number of likely N-dealkylation sites (N-methyl/N-ethyl adjacent to an activating group) is 1. The average Bonchev–Trinajstić information content (AvgIpc) is 3.09. The predicted octanol–water partition coefficient (Wildman–Crippen LogP) is 3.88. The second-order valence-electron chi connectivity index (χ2n) is 6.33. The number of aryl methyl sites for hydroxylation is 2. The maximum Gasteiger partial charge on any atom is 0.340 e. The first-order valence-electron chi connectivity index (χ1n) is 8.41. The topological polar surface area (TPSA) is 62.4 Å². The summed E-state index contributed by atoms with van der Waals surface area (Å²) in [5, 5.41) is 2.06. The number of rotatable bonds is 7. The van der Waals surface area contributed by atoms with Crippen molar-refractivity contribution < 1.29 is 14.3 Å². The summed E-state index contributed by atoms with van der Waals surface area (Å²) in [6.07, 6.45) is 0. The lowest BCUT2D eigenvalue weighted by molar-refractivity contribution is 0.0525. The molecule has 6 heteroatoms. The fourth-order valence-corrected chi connectivity index (χ4v) is 3.81. The van der Waals surface area contributed by atoms with Crippen LogP contribution in [0.15, 0.2) is 11.4 Å². The predicted molar refractivity (Wildman–Crippen MR) is 101 cm³/mol. The third-order valence-electron chi connectivity index (χ3n) is 4.57. The highest BCUT2D eigenvalue weighted by atomic mass is 32.1. The summed E-state index contributed by atoms with van der Waals surface area (Å²) in [5.74, 6) is -0.407. The summed E-state index contributed by atoms with van der Waals surface area (Å²) in [6, 6.07) is 1.79. The van der Waals surface area contributed by atoms with Crippen molar-refractivity contribution in [2.24, 2.45) is 0 Å². The van der Waals surface area contributed by atoms with E-state index < -0.39 is 0 Å². The highest BCUT2D eigenvalue weighted by Crippen LogP contribution is 2.23. The van der Waals surface area contributed by atoms with Crippen LogP contribution in [0.1, 0.15) is 56.4 Å². The Morgan fingerprint density at radius 3 is 2.56 bits per heavy atom. The number of H-pyrrole nitrogens is 1. The third-order valence-corrected chi connectivity index (χ3v) is 5.57. The number of thiophene rings is 1. The normalized spacial score (nSPS) is 12.4. The summed E-state index contributed by atoms with van der Waals surface area (Å²) in [7, 11) is 1.94. The van der Waals surface area contributed by atoms with Crippen molar-refractivity contribution in [1.82, 2.24) is 9.88 Å². The van der Waals surface area contributed by atoms with Crippen LogP contribution < -0.4 is 0 Å². The van der Waals surface area contributed by atoms with E-state index in [1.54, 1.807) is 32.1 Å². The lowest BCUT2D eigenvalue weighted by atomic mass is 10.0. The molecule has 0 spiro atoms. The van der Waals surface area contributed by atoms with Gasteiger partial charge in [-0.3, -0.25) is 9.69 Å². The summed E-state index contributed by atoms with van der Waals surface area (Å²) in [4.78, 5) is 31.4. The number of hydrogen-bond acceptors (Lipinski definition) is 5. The fraction of sp³-hybridized carbons (Fsp3) is 0.474. The number of Topliss-reactive ketones (excluding diaryl/α,β-unsaturated/α-hetero) is 1. The van der Waals surface area contributed by atoms with Gasteiger partial charge in [0.2, 0.25) is 0 Å². The Morgan fingerprint density at radius 1 is 1.32 bits per heavy atom. The Labute approximate surface area is 153 Å². The van der Waals surface area contributed by atoms with Crippen molar-refractivity contribution >= 4 is 23.1 Å². The van der Waals surface area contributed by atoms with Crippen molar-refractivity contribution in [3.05, 3.63) is 44.4 Å². The van der Waals surface area contributed by atoms with E-state index in [1.165, 1.54) is 10.4 Å². The molecule has 0 fully saturated rings. The molecule has 1 atom stereocenters. The average molecular weight is 362 g/mol. The molecule has 1 N–H and O–H groups in total. The molecular weight excluding hydrogens is 336 g/mol. The molecule has 0 aliphatic rings. The van der Waals surface area contributed by atoms with E-state index in [0.717, 1.165) is 6.54 Å². The van der Waals surface area contributed by atoms with Gasteiger partial charge in [0, 0.05) is 17.1 Å². The Morgan fingerprint density at radius 2 is 2.00 bits per heavy atom. The maximum absolute atomic E-state index is 12.9. The summed E-state index contributed by atoms with van der Waals surface area (Å²) >= 11 is 1.70. The van der Waals surface area contributed by atoms with Crippen molar-refractivity contribution in [2.45, 2.75) is 47.2 Å². The molecule has 2 heterocycles. The zero-order chi connectivity index (χ0) is 18.7. The molecule has 0 aromatic carbocycles. The van der Waals surface area contributed by atoms with Gasteiger partial charge in [-0.05, 0) is 64.2 Å². The first-order valence-corrected chi connectivity index (χ1v) is 9.29. The molecule has 2 aromatic heterocycles. The maximum atomic E-state index is 12.9. The van der Waals surface area contributed by atoms with Gasteiger partial charge in [0.1, 0.15) is 0 Å². The third kappa shape index (κ3) is 4.02. The molecule has 5 nitrogen and oxygen atoms in total. The number of ketones is 1. The van der Waals surface area contributed by atoms with Gasteiger partial charge in [-0.15, -0.1) is 11.3 Å². The van der Waals surface area contributed by atoms with E-state index in [1.807, 2.05) is 18.9 Å². The molecule has 25 heavy (non-hydrogen) atoms. The number of aromatic amines is 1. The Hall–Kier alpha value is -1.92. The first-order chi connectivity index (χ1) is 11.8. The number of carbonyl (C=O) groups is 2. The molecule has 0 radical (unpaired) electrons. The minimum absolute atomic E-state index is 0.0205. The number of nitrogens with one attached hydrogen (secondary N) is 1. The first kappa shape index (κ1) is 19.4. The van der Waals surface area contributed by atoms with Crippen LogP contribution in [0.3, 0.4) is 0 Å². The summed E-state index contributed by atoms with van der Waals surface area (Å²) in [6.45, 7) is 10.4. The number of aromatic nitrogens is 1. The molecule has 0 amide bonds. The van der Waals surface area contributed by atoms with Crippen LogP contribution in [0, 0.1) is 20.8 Å². The molecule has 136 valence electrons. The summed E-state index contributed by atoms with van der Waals surface area (Å²) in [5.41, 5.74) is 3.53. The minimum atomic E-state index is -0.386. The SMILES string of the molecule is CCOC(=O)c1c(C)[nH]c(C(=O)[C@@H](C)N(C)Cc2sccc2C)c1C. The van der Waals surface area contributed by atoms with E-state index in [2.05, 4.69) is 23.4 Å². The molecule has 0 saturated carbocycles. The van der Waals surface area contributed by atoms with Gasteiger partial charge in [-0.1, -0.05) is 0 Å². The van der Waals surface area contributed by atoms with Gasteiger partial charge in [0.25, 0.3) is 0 Å². The van der Waals surface area contributed by atoms with Crippen LogP contribution in [0.25, 0.3) is 0 Å². The zero-order valence-corrected chi connectivity index (χ0v) is 16.5. The van der Waals surface area contributed by atoms with E-state index in [9.17, 15) is 9.59 Å². The van der Waals surface area contributed by atoms with Gasteiger partial charge >= 0.3 is 5.97 Å². The highest BCUT2D eigenvalue weighted by molar-refractivity contribution is 7.10. The molecule has 2 rings (SSSR count). The quantitative estimate of drug-likeness (QED) is 0.600. The van der Waals surface area contributed by atoms with Gasteiger partial charge < -0.3 is 9.72 Å². The zero-order valence-electron chi connectivity index (χ0n) is 15.7. The van der Waals surface area contributed by atoms with Crippen molar-refractivity contribution in [3.63, 3.8) is 0 Å². The number of ether oxygens (including phenoxy) is 1. The molecule has 0 bridgehead atoms. The number of esters is 1. The smallest absolute Gasteiger partial charge is 0.340 e. The minimum Gasteiger partial charge on any atom is -0.462 e. The van der Waals surface area contributed by atoms with E-state index >= 15 is 0 Å². The van der Waals surface area contributed by atoms with E-state index in [-0.39, 0.29) is 17.8 Å². The number of carbonyl (C=O) groups excluding carboxylic acids is 2. The van der Waals surface area contributed by atoms with Crippen LogP contribution in [0.5, 0.6) is 0 Å². The fourth-order valence-electron chi connectivity index (χ4n) is 2.84. The number of nitrogens with zero attached hydrogens (tertiary/aromatic N) is 1. The molecular formula is C19H26N2O3S. The molecule has 0 aliphatic carbocycles. The second-order valence-corrected chi connectivity index (χ2v) is 7.33. The van der Waals surface area contributed by atoms with Gasteiger partial charge in [-0.25, -0.2) is 4.79 Å². The van der Waals surface area contributed by atoms with Gasteiger partial charge in [-0.2, -0.15) is 0 Å². The molecule has 0 unspecified atom stereocenters. The van der Waals surface area contributed by atoms with Crippen molar-refractivity contribution in [1.29, 1.82) is 0 Å². The van der Waals surface area contributed by atoms with Crippen molar-refractivity contribution in [3.8, 4) is 0 Å². The largest absolute Gasteiger partial charge is 0.462 e. The van der Waals surface area contributed by atoms with Gasteiger partial charge in [0.05, 0.1) is 23.9 Å². The van der Waals surface area contributed by atoms with E-state index in [4.69, 9.17) is 4.74 Å². The highest BCUT2D eigenvalue weighted by Gasteiger charge is 2.27. The standard InChI is InChI=1S/C19H26N2O3S/c1-7-24-19(23)16-12(3)17(20-13(16)4)18(22)14(5)21(6)10-15-11(2)8-9-25-15/h8-9,14,20H,7,10H2,1-6H3/t14-/m1/s1. The number of hydrogen-bond donors (Lipinski definition) is 1. The molecule has 0 aliphatic heterocycles. The Balaban J connectivity index is 2.20.